The number of amides is 1. The lowest BCUT2D eigenvalue weighted by molar-refractivity contribution is 0.0945. The molecule has 3 heterocycles. The molecule has 6 rings (SSSR count). The number of hydrogen-bond acceptors (Lipinski definition) is 8. The van der Waals surface area contributed by atoms with E-state index in [-0.39, 0.29) is 29.7 Å². The smallest absolute Gasteiger partial charge is 0.332 e. The number of nitrogens with zero attached hydrogens (tertiary/aromatic N) is 6. The van der Waals surface area contributed by atoms with Crippen molar-refractivity contribution in [2.45, 2.75) is 62.2 Å². The van der Waals surface area contributed by atoms with Gasteiger partial charge in [-0.2, -0.15) is 5.26 Å². The van der Waals surface area contributed by atoms with Gasteiger partial charge in [0.25, 0.3) is 5.91 Å². The van der Waals surface area contributed by atoms with E-state index in [2.05, 4.69) is 31.7 Å². The van der Waals surface area contributed by atoms with E-state index in [0.717, 1.165) is 25.7 Å². The molecule has 0 spiro atoms. The minimum absolute atomic E-state index is 0.0214. The number of imidazole rings is 1. The van der Waals surface area contributed by atoms with Gasteiger partial charge in [0.15, 0.2) is 16.4 Å². The Morgan fingerprint density at radius 2 is 1.81 bits per heavy atom. The molecule has 0 aromatic carbocycles. The highest BCUT2D eigenvalue weighted by Crippen LogP contribution is 2.39. The maximum atomic E-state index is 13.0. The van der Waals surface area contributed by atoms with Crippen molar-refractivity contribution in [2.75, 3.05) is 5.32 Å². The van der Waals surface area contributed by atoms with Crippen LogP contribution in [0.4, 0.5) is 5.13 Å². The second kappa shape index (κ2) is 6.62. The SMILES string of the molecule is N#CC1(NC(=O)c2cnc(NC3CC(n4c(=O)n(C5CC5)c5nccnc54)C3)s2)CC1. The quantitative estimate of drug-likeness (QED) is 0.604. The first-order valence-electron chi connectivity index (χ1n) is 10.5. The molecular formula is C20H20N8O2S. The second-order valence-corrected chi connectivity index (χ2v) is 9.63. The Labute approximate surface area is 180 Å². The molecule has 0 atom stereocenters. The van der Waals surface area contributed by atoms with Crippen molar-refractivity contribution in [1.82, 2.24) is 29.4 Å². The van der Waals surface area contributed by atoms with Crippen LogP contribution < -0.4 is 16.3 Å². The molecule has 158 valence electrons. The summed E-state index contributed by atoms with van der Waals surface area (Å²) in [5.74, 6) is -0.255. The van der Waals surface area contributed by atoms with E-state index in [1.54, 1.807) is 21.5 Å². The minimum atomic E-state index is -0.689. The number of hydrogen-bond donors (Lipinski definition) is 2. The molecular weight excluding hydrogens is 416 g/mol. The highest BCUT2D eigenvalue weighted by atomic mass is 32.1. The molecule has 3 aliphatic carbocycles. The standard InChI is InChI=1S/C20H20N8O2S/c21-10-20(3-4-20)26-17(29)14-9-24-18(31-14)25-11-7-13(8-11)28-16-15(22-5-6-23-16)27(19(28)30)12-1-2-12/h5-6,9,11-13H,1-4,7-8H2,(H,24,25)(H,26,29). The summed E-state index contributed by atoms with van der Waals surface area (Å²) >= 11 is 1.28. The van der Waals surface area contributed by atoms with Crippen molar-refractivity contribution in [1.29, 1.82) is 5.26 Å². The first-order valence-corrected chi connectivity index (χ1v) is 11.3. The second-order valence-electron chi connectivity index (χ2n) is 8.60. The van der Waals surface area contributed by atoms with Crippen molar-refractivity contribution in [2.24, 2.45) is 0 Å². The third-order valence-corrected chi connectivity index (χ3v) is 7.22. The fourth-order valence-corrected chi connectivity index (χ4v) is 4.95. The molecule has 3 saturated carbocycles. The van der Waals surface area contributed by atoms with Gasteiger partial charge in [-0.3, -0.25) is 13.9 Å². The number of carbonyl (C=O) groups is 1. The fourth-order valence-electron chi connectivity index (χ4n) is 4.16. The lowest BCUT2D eigenvalue weighted by Crippen LogP contribution is -2.41. The topological polar surface area (TPSA) is 131 Å². The van der Waals surface area contributed by atoms with Crippen LogP contribution in [-0.4, -0.2) is 41.6 Å². The molecule has 0 bridgehead atoms. The molecule has 3 fully saturated rings. The van der Waals surface area contributed by atoms with E-state index >= 15 is 0 Å². The number of thiazole rings is 1. The predicted octanol–water partition coefficient (Wildman–Crippen LogP) is 1.99. The third kappa shape index (κ3) is 3.09. The molecule has 11 heteroatoms. The van der Waals surface area contributed by atoms with Crippen LogP contribution in [0.5, 0.6) is 0 Å². The van der Waals surface area contributed by atoms with Gasteiger partial charge in [-0.25, -0.2) is 19.7 Å². The summed E-state index contributed by atoms with van der Waals surface area (Å²) in [5, 5.41) is 15.9. The maximum absolute atomic E-state index is 13.0. The summed E-state index contributed by atoms with van der Waals surface area (Å²) in [6.45, 7) is 0. The minimum Gasteiger partial charge on any atom is -0.359 e. The van der Waals surface area contributed by atoms with Gasteiger partial charge in [0.05, 0.1) is 12.3 Å². The Balaban J connectivity index is 1.14. The fraction of sp³-hybridized carbons (Fsp3) is 0.500. The number of aromatic nitrogens is 5. The maximum Gasteiger partial charge on any atom is 0.332 e. The van der Waals surface area contributed by atoms with Gasteiger partial charge in [-0.15, -0.1) is 0 Å². The van der Waals surface area contributed by atoms with Crippen LogP contribution in [0.15, 0.2) is 23.4 Å². The highest BCUT2D eigenvalue weighted by molar-refractivity contribution is 7.17. The van der Waals surface area contributed by atoms with E-state index in [0.29, 0.717) is 34.1 Å². The predicted molar refractivity (Wildman–Crippen MR) is 113 cm³/mol. The van der Waals surface area contributed by atoms with Crippen LogP contribution in [0.2, 0.25) is 0 Å². The summed E-state index contributed by atoms with van der Waals surface area (Å²) in [5.41, 5.74) is 0.619. The molecule has 3 aromatic rings. The molecule has 0 aliphatic heterocycles. The van der Waals surface area contributed by atoms with Gasteiger partial charge in [-0.05, 0) is 38.5 Å². The number of carbonyl (C=O) groups excluding carboxylic acids is 1. The lowest BCUT2D eigenvalue weighted by atomic mass is 9.86. The first-order chi connectivity index (χ1) is 15.1. The zero-order valence-corrected chi connectivity index (χ0v) is 17.4. The first kappa shape index (κ1) is 18.5. The molecule has 0 radical (unpaired) electrons. The van der Waals surface area contributed by atoms with Gasteiger partial charge in [0, 0.05) is 30.5 Å². The van der Waals surface area contributed by atoms with Crippen LogP contribution in [0, 0.1) is 11.3 Å². The van der Waals surface area contributed by atoms with Crippen LogP contribution in [0.25, 0.3) is 11.3 Å². The highest BCUT2D eigenvalue weighted by Gasteiger charge is 2.45. The normalized spacial score (nSPS) is 23.7. The Bertz CT molecular complexity index is 1290. The van der Waals surface area contributed by atoms with E-state index in [4.69, 9.17) is 5.26 Å². The Hall–Kier alpha value is -3.26. The van der Waals surface area contributed by atoms with Gasteiger partial charge >= 0.3 is 5.69 Å². The van der Waals surface area contributed by atoms with E-state index in [1.807, 2.05) is 0 Å². The Kier molecular flexibility index (Phi) is 3.95. The van der Waals surface area contributed by atoms with Crippen molar-refractivity contribution in [3.63, 3.8) is 0 Å². The van der Waals surface area contributed by atoms with Gasteiger partial charge in [0.2, 0.25) is 0 Å². The van der Waals surface area contributed by atoms with Gasteiger partial charge in [-0.1, -0.05) is 11.3 Å². The molecule has 31 heavy (non-hydrogen) atoms. The summed E-state index contributed by atoms with van der Waals surface area (Å²) in [4.78, 5) is 39.0. The summed E-state index contributed by atoms with van der Waals surface area (Å²) in [6.07, 6.45) is 9.78. The average molecular weight is 437 g/mol. The Morgan fingerprint density at radius 1 is 1.13 bits per heavy atom. The lowest BCUT2D eigenvalue weighted by Gasteiger charge is -2.36. The van der Waals surface area contributed by atoms with E-state index < -0.39 is 5.54 Å². The number of nitrogens with one attached hydrogen (secondary N) is 2. The van der Waals surface area contributed by atoms with Crippen LogP contribution in [0.3, 0.4) is 0 Å². The molecule has 0 saturated heterocycles. The molecule has 1 amide bonds. The molecule has 3 aromatic heterocycles. The summed E-state index contributed by atoms with van der Waals surface area (Å²) in [7, 11) is 0. The third-order valence-electron chi connectivity index (χ3n) is 6.29. The van der Waals surface area contributed by atoms with Crippen molar-refractivity contribution >= 4 is 33.7 Å². The molecule has 10 nitrogen and oxygen atoms in total. The van der Waals surface area contributed by atoms with Crippen LogP contribution in [0.1, 0.15) is 60.3 Å². The zero-order chi connectivity index (χ0) is 21.2. The number of anilines is 1. The van der Waals surface area contributed by atoms with Crippen LogP contribution >= 0.6 is 11.3 Å². The van der Waals surface area contributed by atoms with Gasteiger partial charge < -0.3 is 10.6 Å². The van der Waals surface area contributed by atoms with Crippen molar-refractivity contribution < 1.29 is 4.79 Å². The molecule has 3 aliphatic rings. The Morgan fingerprint density at radius 3 is 2.42 bits per heavy atom. The summed E-state index contributed by atoms with van der Waals surface area (Å²) < 4.78 is 3.58. The van der Waals surface area contributed by atoms with Crippen LogP contribution in [-0.2, 0) is 0 Å². The summed E-state index contributed by atoms with van der Waals surface area (Å²) in [6, 6.07) is 2.64. The number of nitriles is 1. The molecule has 2 N–H and O–H groups in total. The largest absolute Gasteiger partial charge is 0.359 e. The number of fused-ring (bicyclic) bond motifs is 1. The van der Waals surface area contributed by atoms with E-state index in [1.165, 1.54) is 17.5 Å². The number of rotatable bonds is 6. The van der Waals surface area contributed by atoms with Crippen molar-refractivity contribution in [3.8, 4) is 6.07 Å². The van der Waals surface area contributed by atoms with Crippen molar-refractivity contribution in [3.05, 3.63) is 34.0 Å². The average Bonchev–Trinajstić information content (AvgIpc) is 3.65. The molecule has 0 unspecified atom stereocenters. The van der Waals surface area contributed by atoms with E-state index in [9.17, 15) is 9.59 Å². The monoisotopic (exact) mass is 436 g/mol. The van der Waals surface area contributed by atoms with Gasteiger partial charge in [0.1, 0.15) is 10.4 Å². The zero-order valence-electron chi connectivity index (χ0n) is 16.6.